The lowest BCUT2D eigenvalue weighted by atomic mass is 9.93. The molecule has 0 bridgehead atoms. The van der Waals surface area contributed by atoms with Crippen molar-refractivity contribution in [3.8, 4) is 0 Å². The van der Waals surface area contributed by atoms with Gasteiger partial charge in [0.2, 0.25) is 0 Å². The number of aromatic nitrogens is 2. The molecular weight excluding hydrogens is 354 g/mol. The molecule has 0 aromatic carbocycles. The molecule has 28 heavy (non-hydrogen) atoms. The average Bonchev–Trinajstić information content (AvgIpc) is 3.38. The summed E-state index contributed by atoms with van der Waals surface area (Å²) >= 11 is 0. The van der Waals surface area contributed by atoms with Crippen LogP contribution in [-0.4, -0.2) is 39.7 Å². The number of fused-ring (bicyclic) bond motifs is 1. The summed E-state index contributed by atoms with van der Waals surface area (Å²) in [6, 6.07) is 1.80. The molecular formula is C21H27N5O2. The van der Waals surface area contributed by atoms with Gasteiger partial charge in [0.25, 0.3) is 5.91 Å². The molecule has 1 aliphatic carbocycles. The maximum Gasteiger partial charge on any atom is 0.273 e. The van der Waals surface area contributed by atoms with Crippen molar-refractivity contribution in [1.82, 2.24) is 20.5 Å². The molecule has 7 heteroatoms. The van der Waals surface area contributed by atoms with E-state index < -0.39 is 0 Å². The van der Waals surface area contributed by atoms with E-state index in [1.807, 2.05) is 13.0 Å². The number of hydrazone groups is 1. The van der Waals surface area contributed by atoms with E-state index in [-0.39, 0.29) is 5.91 Å². The predicted molar refractivity (Wildman–Crippen MR) is 108 cm³/mol. The van der Waals surface area contributed by atoms with Gasteiger partial charge in [0, 0.05) is 24.0 Å². The minimum atomic E-state index is -0.211. The topological polar surface area (TPSA) is 86.5 Å². The Morgan fingerprint density at radius 1 is 1.25 bits per heavy atom. The number of aryl methyl sites for hydroxylation is 2. The number of amides is 1. The van der Waals surface area contributed by atoms with Gasteiger partial charge < -0.3 is 9.51 Å². The minimum absolute atomic E-state index is 0.211. The Morgan fingerprint density at radius 3 is 2.75 bits per heavy atom. The third-order valence-corrected chi connectivity index (χ3v) is 5.65. The van der Waals surface area contributed by atoms with E-state index in [0.29, 0.717) is 22.7 Å². The van der Waals surface area contributed by atoms with Gasteiger partial charge in [-0.2, -0.15) is 5.10 Å². The van der Waals surface area contributed by atoms with E-state index in [4.69, 9.17) is 4.52 Å². The monoisotopic (exact) mass is 381 g/mol. The van der Waals surface area contributed by atoms with Crippen molar-refractivity contribution in [1.29, 1.82) is 0 Å². The molecule has 2 aromatic rings. The highest BCUT2D eigenvalue weighted by atomic mass is 16.5. The van der Waals surface area contributed by atoms with Crippen molar-refractivity contribution in [2.45, 2.75) is 53.0 Å². The number of nitrogens with zero attached hydrogens (tertiary/aromatic N) is 3. The Kier molecular flexibility index (Phi) is 5.17. The largest absolute Gasteiger partial charge is 0.361 e. The standard InChI is InChI=1S/C21H27N5O2/c1-4-26(5-2)12-16-14-8-6-7-9-17(14)22-18(16)11-15-20(23-24-21(15)27)19-10-13(3)28-25-19/h10-11,22H,4-9,12H2,1-3H3,(H,24,27). The molecule has 0 fully saturated rings. The minimum Gasteiger partial charge on any atom is -0.361 e. The third-order valence-electron chi connectivity index (χ3n) is 5.65. The zero-order valence-electron chi connectivity index (χ0n) is 16.8. The molecule has 148 valence electrons. The van der Waals surface area contributed by atoms with Gasteiger partial charge in [-0.05, 0) is 62.9 Å². The summed E-state index contributed by atoms with van der Waals surface area (Å²) in [6.45, 7) is 9.07. The fourth-order valence-electron chi connectivity index (χ4n) is 4.04. The Balaban J connectivity index is 1.76. The van der Waals surface area contributed by atoms with Crippen molar-refractivity contribution >= 4 is 17.7 Å². The Labute approximate surface area is 164 Å². The van der Waals surface area contributed by atoms with E-state index in [0.717, 1.165) is 38.2 Å². The number of aromatic amines is 1. The fraction of sp³-hybridized carbons (Fsp3) is 0.476. The number of hydrogen-bond donors (Lipinski definition) is 2. The second kappa shape index (κ2) is 7.75. The van der Waals surface area contributed by atoms with Crippen LogP contribution >= 0.6 is 0 Å². The van der Waals surface area contributed by atoms with Gasteiger partial charge in [-0.3, -0.25) is 9.69 Å². The van der Waals surface area contributed by atoms with E-state index in [1.54, 1.807) is 6.07 Å². The molecule has 1 amide bonds. The summed E-state index contributed by atoms with van der Waals surface area (Å²) in [7, 11) is 0. The number of carbonyl (C=O) groups excluding carboxylic acids is 1. The first-order valence-electron chi connectivity index (χ1n) is 10.1. The lowest BCUT2D eigenvalue weighted by Gasteiger charge is -2.20. The van der Waals surface area contributed by atoms with Crippen molar-refractivity contribution in [3.63, 3.8) is 0 Å². The summed E-state index contributed by atoms with van der Waals surface area (Å²) in [5.74, 6) is 0.478. The molecule has 0 radical (unpaired) electrons. The first-order valence-corrected chi connectivity index (χ1v) is 10.1. The van der Waals surface area contributed by atoms with Crippen LogP contribution in [0.3, 0.4) is 0 Å². The van der Waals surface area contributed by atoms with Crippen LogP contribution in [-0.2, 0) is 24.2 Å². The van der Waals surface area contributed by atoms with Gasteiger partial charge in [0.15, 0.2) is 0 Å². The molecule has 0 saturated heterocycles. The van der Waals surface area contributed by atoms with Crippen molar-refractivity contribution in [2.24, 2.45) is 5.10 Å². The number of nitrogens with one attached hydrogen (secondary N) is 2. The maximum atomic E-state index is 12.5. The highest BCUT2D eigenvalue weighted by Crippen LogP contribution is 2.30. The first kappa shape index (κ1) is 18.7. The van der Waals surface area contributed by atoms with Crippen LogP contribution < -0.4 is 5.43 Å². The summed E-state index contributed by atoms with van der Waals surface area (Å²) in [5.41, 5.74) is 9.25. The van der Waals surface area contributed by atoms with Crippen molar-refractivity contribution in [3.05, 3.63) is 45.6 Å². The molecule has 2 N–H and O–H groups in total. The van der Waals surface area contributed by atoms with Crippen LogP contribution in [0.25, 0.3) is 6.08 Å². The first-order chi connectivity index (χ1) is 13.6. The maximum absolute atomic E-state index is 12.5. The van der Waals surface area contributed by atoms with Gasteiger partial charge in [-0.15, -0.1) is 0 Å². The molecule has 0 spiro atoms. The Morgan fingerprint density at radius 2 is 2.04 bits per heavy atom. The van der Waals surface area contributed by atoms with E-state index >= 15 is 0 Å². The molecule has 0 atom stereocenters. The fourth-order valence-corrected chi connectivity index (χ4v) is 4.04. The SMILES string of the molecule is CCN(CC)Cc1c(C=C2C(=O)NN=C2c2cc(C)on2)[nH]c2c1CCCC2. The van der Waals surface area contributed by atoms with Crippen molar-refractivity contribution in [2.75, 3.05) is 13.1 Å². The molecule has 0 saturated carbocycles. The van der Waals surface area contributed by atoms with Crippen LogP contribution in [0.5, 0.6) is 0 Å². The molecule has 4 rings (SSSR count). The van der Waals surface area contributed by atoms with Crippen molar-refractivity contribution < 1.29 is 9.32 Å². The Hall–Kier alpha value is -2.67. The van der Waals surface area contributed by atoms with E-state index in [9.17, 15) is 4.79 Å². The summed E-state index contributed by atoms with van der Waals surface area (Å²) in [6.07, 6.45) is 6.53. The molecule has 3 heterocycles. The molecule has 1 aliphatic heterocycles. The second-order valence-corrected chi connectivity index (χ2v) is 7.42. The highest BCUT2D eigenvalue weighted by Gasteiger charge is 2.28. The van der Waals surface area contributed by atoms with Gasteiger partial charge >= 0.3 is 0 Å². The number of hydrogen-bond acceptors (Lipinski definition) is 5. The van der Waals surface area contributed by atoms with Crippen LogP contribution in [0.2, 0.25) is 0 Å². The van der Waals surface area contributed by atoms with E-state index in [1.165, 1.54) is 29.7 Å². The highest BCUT2D eigenvalue weighted by molar-refractivity contribution is 6.32. The summed E-state index contributed by atoms with van der Waals surface area (Å²) in [5, 5.41) is 8.21. The molecule has 7 nitrogen and oxygen atoms in total. The molecule has 2 aliphatic rings. The zero-order chi connectivity index (χ0) is 19.7. The van der Waals surface area contributed by atoms with Gasteiger partial charge in [-0.25, -0.2) is 5.43 Å². The number of carbonyl (C=O) groups is 1. The van der Waals surface area contributed by atoms with Gasteiger partial charge in [0.05, 0.1) is 5.57 Å². The van der Waals surface area contributed by atoms with Crippen LogP contribution in [0.1, 0.15) is 60.7 Å². The van der Waals surface area contributed by atoms with Gasteiger partial charge in [0.1, 0.15) is 17.2 Å². The third kappa shape index (κ3) is 3.42. The quantitative estimate of drug-likeness (QED) is 0.753. The summed E-state index contributed by atoms with van der Waals surface area (Å²) in [4.78, 5) is 18.5. The average molecular weight is 381 g/mol. The number of H-pyrrole nitrogens is 1. The normalized spacial score (nSPS) is 17.9. The van der Waals surface area contributed by atoms with Crippen LogP contribution in [0, 0.1) is 6.92 Å². The second-order valence-electron chi connectivity index (χ2n) is 7.42. The lowest BCUT2D eigenvalue weighted by molar-refractivity contribution is -0.116. The lowest BCUT2D eigenvalue weighted by Crippen LogP contribution is -2.23. The van der Waals surface area contributed by atoms with Gasteiger partial charge in [-0.1, -0.05) is 19.0 Å². The molecule has 0 unspecified atom stereocenters. The summed E-state index contributed by atoms with van der Waals surface area (Å²) < 4.78 is 5.17. The Bertz CT molecular complexity index is 946. The predicted octanol–water partition coefficient (Wildman–Crippen LogP) is 2.95. The van der Waals surface area contributed by atoms with E-state index in [2.05, 4.69) is 39.4 Å². The van der Waals surface area contributed by atoms with Crippen LogP contribution in [0.15, 0.2) is 21.3 Å². The van der Waals surface area contributed by atoms with Crippen LogP contribution in [0.4, 0.5) is 0 Å². The number of rotatable bonds is 6. The molecule has 2 aromatic heterocycles. The zero-order valence-corrected chi connectivity index (χ0v) is 16.8. The smallest absolute Gasteiger partial charge is 0.273 e.